The molecule has 94 valence electrons. The largest absolute Gasteiger partial charge is 0.480 e. The SMILES string of the molecule is Cc1ccsc1C(C)N1CCNCC1C(=O)O. The molecular formula is C12H18N2O2S. The van der Waals surface area contributed by atoms with Gasteiger partial charge < -0.3 is 10.4 Å². The second-order valence-electron chi connectivity index (χ2n) is 4.44. The summed E-state index contributed by atoms with van der Waals surface area (Å²) in [6.07, 6.45) is 0. The number of carboxylic acid groups (broad SMARTS) is 1. The number of thiophene rings is 1. The van der Waals surface area contributed by atoms with E-state index < -0.39 is 12.0 Å². The number of nitrogens with zero attached hydrogens (tertiary/aromatic N) is 1. The molecule has 2 rings (SSSR count). The van der Waals surface area contributed by atoms with Crippen LogP contribution in [0.5, 0.6) is 0 Å². The normalized spacial score (nSPS) is 23.5. The van der Waals surface area contributed by atoms with Gasteiger partial charge in [-0.05, 0) is 30.9 Å². The highest BCUT2D eigenvalue weighted by atomic mass is 32.1. The van der Waals surface area contributed by atoms with Gasteiger partial charge in [0.25, 0.3) is 0 Å². The van der Waals surface area contributed by atoms with Crippen LogP contribution in [0.1, 0.15) is 23.4 Å². The first-order chi connectivity index (χ1) is 8.11. The molecule has 0 aromatic carbocycles. The fraction of sp³-hybridized carbons (Fsp3) is 0.583. The first-order valence-electron chi connectivity index (χ1n) is 5.84. The predicted molar refractivity (Wildman–Crippen MR) is 68.5 cm³/mol. The number of hydrogen-bond donors (Lipinski definition) is 2. The van der Waals surface area contributed by atoms with Crippen LogP contribution < -0.4 is 5.32 Å². The number of rotatable bonds is 3. The smallest absolute Gasteiger partial charge is 0.322 e. The summed E-state index contributed by atoms with van der Waals surface area (Å²) in [5.41, 5.74) is 1.25. The Morgan fingerprint density at radius 2 is 2.47 bits per heavy atom. The average Bonchev–Trinajstić information content (AvgIpc) is 2.74. The monoisotopic (exact) mass is 254 g/mol. The van der Waals surface area contributed by atoms with Gasteiger partial charge >= 0.3 is 5.97 Å². The molecule has 17 heavy (non-hydrogen) atoms. The van der Waals surface area contributed by atoms with Gasteiger partial charge in [0.05, 0.1) is 0 Å². The van der Waals surface area contributed by atoms with Crippen LogP contribution >= 0.6 is 11.3 Å². The Bertz CT molecular complexity index is 405. The van der Waals surface area contributed by atoms with E-state index in [1.165, 1.54) is 10.4 Å². The van der Waals surface area contributed by atoms with Crippen molar-refractivity contribution in [3.05, 3.63) is 21.9 Å². The molecule has 2 heterocycles. The lowest BCUT2D eigenvalue weighted by Gasteiger charge is -2.37. The zero-order valence-electron chi connectivity index (χ0n) is 10.1. The van der Waals surface area contributed by atoms with Crippen LogP contribution in [-0.4, -0.2) is 41.7 Å². The summed E-state index contributed by atoms with van der Waals surface area (Å²) < 4.78 is 0. The molecule has 0 aliphatic carbocycles. The Morgan fingerprint density at radius 3 is 3.06 bits per heavy atom. The van der Waals surface area contributed by atoms with Crippen molar-refractivity contribution in [1.82, 2.24) is 10.2 Å². The van der Waals surface area contributed by atoms with Gasteiger partial charge in [-0.15, -0.1) is 11.3 Å². The average molecular weight is 254 g/mol. The predicted octanol–water partition coefficient (Wildman–Crippen LogP) is 1.48. The van der Waals surface area contributed by atoms with Crippen LogP contribution in [0.25, 0.3) is 0 Å². The van der Waals surface area contributed by atoms with E-state index in [1.807, 2.05) is 0 Å². The fourth-order valence-electron chi connectivity index (χ4n) is 2.38. The highest BCUT2D eigenvalue weighted by Gasteiger charge is 2.32. The van der Waals surface area contributed by atoms with Crippen LogP contribution in [0.2, 0.25) is 0 Å². The minimum Gasteiger partial charge on any atom is -0.480 e. The van der Waals surface area contributed by atoms with Gasteiger partial charge in [0.2, 0.25) is 0 Å². The lowest BCUT2D eigenvalue weighted by Crippen LogP contribution is -2.55. The van der Waals surface area contributed by atoms with Crippen molar-refractivity contribution in [1.29, 1.82) is 0 Å². The van der Waals surface area contributed by atoms with E-state index in [1.54, 1.807) is 11.3 Å². The summed E-state index contributed by atoms with van der Waals surface area (Å²) in [6.45, 7) is 6.36. The summed E-state index contributed by atoms with van der Waals surface area (Å²) in [4.78, 5) is 14.6. The third-order valence-corrected chi connectivity index (χ3v) is 4.54. The zero-order valence-corrected chi connectivity index (χ0v) is 11.0. The van der Waals surface area contributed by atoms with Gasteiger partial charge in [0.1, 0.15) is 6.04 Å². The van der Waals surface area contributed by atoms with E-state index >= 15 is 0 Å². The number of carbonyl (C=O) groups is 1. The van der Waals surface area contributed by atoms with Crippen molar-refractivity contribution in [2.24, 2.45) is 0 Å². The standard InChI is InChI=1S/C12H18N2O2S/c1-8-3-6-17-11(8)9(2)14-5-4-13-7-10(14)12(15)16/h3,6,9-10,13H,4-5,7H2,1-2H3,(H,15,16). The highest BCUT2D eigenvalue weighted by Crippen LogP contribution is 2.30. The first kappa shape index (κ1) is 12.5. The molecule has 2 unspecified atom stereocenters. The van der Waals surface area contributed by atoms with E-state index in [2.05, 4.69) is 35.5 Å². The Balaban J connectivity index is 2.19. The Morgan fingerprint density at radius 1 is 1.71 bits per heavy atom. The lowest BCUT2D eigenvalue weighted by molar-refractivity contribution is -0.145. The Labute approximate surface area is 105 Å². The van der Waals surface area contributed by atoms with Crippen LogP contribution in [0, 0.1) is 6.92 Å². The quantitative estimate of drug-likeness (QED) is 0.858. The molecule has 2 atom stereocenters. The Hall–Kier alpha value is -0.910. The summed E-state index contributed by atoms with van der Waals surface area (Å²) in [5, 5.41) is 14.5. The van der Waals surface area contributed by atoms with Crippen molar-refractivity contribution in [3.8, 4) is 0 Å². The molecule has 0 bridgehead atoms. The lowest BCUT2D eigenvalue weighted by atomic mass is 10.1. The molecule has 2 N–H and O–H groups in total. The molecule has 1 aromatic heterocycles. The maximum absolute atomic E-state index is 11.2. The Kier molecular flexibility index (Phi) is 3.81. The molecule has 5 heteroatoms. The van der Waals surface area contributed by atoms with Gasteiger partial charge in [-0.1, -0.05) is 0 Å². The summed E-state index contributed by atoms with van der Waals surface area (Å²) in [7, 11) is 0. The van der Waals surface area contributed by atoms with Crippen molar-refractivity contribution in [2.75, 3.05) is 19.6 Å². The molecule has 1 aliphatic heterocycles. The third kappa shape index (κ3) is 2.51. The van der Waals surface area contributed by atoms with Crippen LogP contribution in [0.3, 0.4) is 0 Å². The number of aryl methyl sites for hydroxylation is 1. The molecule has 1 aliphatic rings. The molecule has 0 saturated carbocycles. The number of piperazine rings is 1. The first-order valence-corrected chi connectivity index (χ1v) is 6.72. The molecule has 1 aromatic rings. The second kappa shape index (κ2) is 5.16. The minimum absolute atomic E-state index is 0.179. The zero-order chi connectivity index (χ0) is 12.4. The van der Waals surface area contributed by atoms with E-state index in [0.717, 1.165) is 13.1 Å². The van der Waals surface area contributed by atoms with E-state index in [-0.39, 0.29) is 6.04 Å². The van der Waals surface area contributed by atoms with Crippen molar-refractivity contribution in [2.45, 2.75) is 25.9 Å². The molecule has 0 amide bonds. The molecule has 1 fully saturated rings. The number of carboxylic acids is 1. The van der Waals surface area contributed by atoms with Crippen LogP contribution in [-0.2, 0) is 4.79 Å². The van der Waals surface area contributed by atoms with Crippen LogP contribution in [0.15, 0.2) is 11.4 Å². The van der Waals surface area contributed by atoms with Crippen LogP contribution in [0.4, 0.5) is 0 Å². The molecular weight excluding hydrogens is 236 g/mol. The van der Waals surface area contributed by atoms with Gasteiger partial charge in [0, 0.05) is 30.6 Å². The summed E-state index contributed by atoms with van der Waals surface area (Å²) in [6, 6.07) is 1.85. The van der Waals surface area contributed by atoms with Crippen molar-refractivity contribution < 1.29 is 9.90 Å². The van der Waals surface area contributed by atoms with E-state index in [0.29, 0.717) is 6.54 Å². The number of nitrogens with one attached hydrogen (secondary N) is 1. The number of aliphatic carboxylic acids is 1. The molecule has 4 nitrogen and oxygen atoms in total. The highest BCUT2D eigenvalue weighted by molar-refractivity contribution is 7.10. The maximum atomic E-state index is 11.2. The number of hydrogen-bond acceptors (Lipinski definition) is 4. The van der Waals surface area contributed by atoms with Gasteiger partial charge in [-0.25, -0.2) is 0 Å². The van der Waals surface area contributed by atoms with Crippen molar-refractivity contribution >= 4 is 17.3 Å². The van der Waals surface area contributed by atoms with Gasteiger partial charge in [-0.3, -0.25) is 9.69 Å². The molecule has 1 saturated heterocycles. The van der Waals surface area contributed by atoms with Crippen molar-refractivity contribution in [3.63, 3.8) is 0 Å². The topological polar surface area (TPSA) is 52.6 Å². The minimum atomic E-state index is -0.738. The summed E-state index contributed by atoms with van der Waals surface area (Å²) in [5.74, 6) is -0.738. The van der Waals surface area contributed by atoms with Gasteiger partial charge in [0.15, 0.2) is 0 Å². The molecule has 0 radical (unpaired) electrons. The fourth-order valence-corrected chi connectivity index (χ4v) is 3.38. The van der Waals surface area contributed by atoms with Gasteiger partial charge in [-0.2, -0.15) is 0 Å². The maximum Gasteiger partial charge on any atom is 0.322 e. The third-order valence-electron chi connectivity index (χ3n) is 3.35. The molecule has 0 spiro atoms. The van der Waals surface area contributed by atoms with E-state index in [9.17, 15) is 9.90 Å². The van der Waals surface area contributed by atoms with E-state index in [4.69, 9.17) is 0 Å². The second-order valence-corrected chi connectivity index (χ2v) is 5.39. The summed E-state index contributed by atoms with van der Waals surface area (Å²) >= 11 is 1.71.